The third kappa shape index (κ3) is 19.7. The molecular formula is C13H28N2. The predicted octanol–water partition coefficient (Wildman–Crippen LogP) is 3.86. The van der Waals surface area contributed by atoms with E-state index < -0.39 is 0 Å². The Kier molecular flexibility index (Phi) is 15.1. The average molecular weight is 212 g/mol. The van der Waals surface area contributed by atoms with Crippen molar-refractivity contribution in [1.82, 2.24) is 0 Å². The van der Waals surface area contributed by atoms with Crippen LogP contribution in [0.5, 0.6) is 0 Å². The molecule has 2 N–H and O–H groups in total. The second-order valence-corrected chi connectivity index (χ2v) is 4.29. The van der Waals surface area contributed by atoms with Gasteiger partial charge in [0, 0.05) is 12.0 Å². The average Bonchev–Trinajstić information content (AvgIpc) is 2.23. The molecule has 0 bridgehead atoms. The first-order chi connectivity index (χ1) is 7.08. The van der Waals surface area contributed by atoms with Crippen LogP contribution in [0, 0.1) is 17.2 Å². The summed E-state index contributed by atoms with van der Waals surface area (Å²) in [6.07, 6.45) is 7.17. The van der Waals surface area contributed by atoms with Crippen molar-refractivity contribution in [2.75, 3.05) is 0 Å². The SMILES string of the molecule is CCCCC(C)C#N.CCCCC(C)N. The molecule has 0 saturated carbocycles. The third-order valence-electron chi connectivity index (χ3n) is 2.22. The van der Waals surface area contributed by atoms with Crippen LogP contribution < -0.4 is 5.73 Å². The minimum absolute atomic E-state index is 0.259. The number of nitrogens with two attached hydrogens (primary N) is 1. The summed E-state index contributed by atoms with van der Waals surface area (Å²) in [5, 5.41) is 8.31. The Bertz CT molecular complexity index is 147. The summed E-state index contributed by atoms with van der Waals surface area (Å²) in [5.74, 6) is 0.259. The van der Waals surface area contributed by atoms with Gasteiger partial charge in [-0.25, -0.2) is 0 Å². The van der Waals surface area contributed by atoms with Crippen molar-refractivity contribution in [3.8, 4) is 6.07 Å². The molecule has 0 aromatic rings. The number of nitrogens with zero attached hydrogens (tertiary/aromatic N) is 1. The molecule has 0 aliphatic rings. The van der Waals surface area contributed by atoms with E-state index in [4.69, 9.17) is 11.0 Å². The Morgan fingerprint density at radius 2 is 1.53 bits per heavy atom. The summed E-state index contributed by atoms with van der Waals surface area (Å²) in [4.78, 5) is 0. The van der Waals surface area contributed by atoms with Gasteiger partial charge in [0.05, 0.1) is 6.07 Å². The van der Waals surface area contributed by atoms with Gasteiger partial charge < -0.3 is 5.73 Å². The molecule has 15 heavy (non-hydrogen) atoms. The smallest absolute Gasteiger partial charge is 0.0652 e. The van der Waals surface area contributed by atoms with E-state index in [1.165, 1.54) is 32.1 Å². The lowest BCUT2D eigenvalue weighted by Gasteiger charge is -1.99. The molecule has 0 rings (SSSR count). The minimum Gasteiger partial charge on any atom is -0.328 e. The Labute approximate surface area is 95.9 Å². The van der Waals surface area contributed by atoms with Gasteiger partial charge in [-0.2, -0.15) is 5.26 Å². The van der Waals surface area contributed by atoms with Crippen molar-refractivity contribution < 1.29 is 0 Å². The van der Waals surface area contributed by atoms with Crippen molar-refractivity contribution in [2.45, 2.75) is 72.3 Å². The molecule has 0 heterocycles. The minimum atomic E-state index is 0.259. The van der Waals surface area contributed by atoms with Gasteiger partial charge in [-0.3, -0.25) is 0 Å². The van der Waals surface area contributed by atoms with E-state index in [1.807, 2.05) is 6.92 Å². The molecule has 2 nitrogen and oxygen atoms in total. The van der Waals surface area contributed by atoms with Gasteiger partial charge >= 0.3 is 0 Å². The standard InChI is InChI=1S/C7H13N.C6H15N/c1-3-4-5-7(2)6-8;1-3-4-5-6(2)7/h7H,3-5H2,1-2H3;6H,3-5,7H2,1-2H3. The molecule has 0 saturated heterocycles. The topological polar surface area (TPSA) is 49.8 Å². The van der Waals surface area contributed by atoms with Crippen molar-refractivity contribution in [3.63, 3.8) is 0 Å². The normalized spacial score (nSPS) is 13.3. The summed E-state index contributed by atoms with van der Waals surface area (Å²) in [6.45, 7) is 8.35. The number of rotatable bonds is 6. The summed E-state index contributed by atoms with van der Waals surface area (Å²) >= 11 is 0. The number of hydrogen-bond acceptors (Lipinski definition) is 2. The lowest BCUT2D eigenvalue weighted by molar-refractivity contribution is 0.608. The largest absolute Gasteiger partial charge is 0.328 e. The van der Waals surface area contributed by atoms with E-state index >= 15 is 0 Å². The lowest BCUT2D eigenvalue weighted by Crippen LogP contribution is -2.13. The zero-order valence-corrected chi connectivity index (χ0v) is 10.9. The Balaban J connectivity index is 0. The van der Waals surface area contributed by atoms with Gasteiger partial charge in [0.15, 0.2) is 0 Å². The van der Waals surface area contributed by atoms with E-state index in [2.05, 4.69) is 26.8 Å². The highest BCUT2D eigenvalue weighted by molar-refractivity contribution is 4.77. The van der Waals surface area contributed by atoms with Crippen molar-refractivity contribution in [1.29, 1.82) is 5.26 Å². The molecule has 2 heteroatoms. The molecule has 0 aromatic carbocycles. The summed E-state index contributed by atoms with van der Waals surface area (Å²) in [6, 6.07) is 2.60. The van der Waals surface area contributed by atoms with Crippen LogP contribution in [0.3, 0.4) is 0 Å². The first-order valence-electron chi connectivity index (χ1n) is 6.23. The number of unbranched alkanes of at least 4 members (excludes halogenated alkanes) is 2. The van der Waals surface area contributed by atoms with E-state index in [0.717, 1.165) is 6.42 Å². The Hall–Kier alpha value is -0.550. The van der Waals surface area contributed by atoms with E-state index in [9.17, 15) is 0 Å². The van der Waals surface area contributed by atoms with E-state index in [0.29, 0.717) is 6.04 Å². The molecule has 0 radical (unpaired) electrons. The van der Waals surface area contributed by atoms with Crippen LogP contribution in [0.1, 0.15) is 66.2 Å². The molecule has 0 aliphatic heterocycles. The predicted molar refractivity (Wildman–Crippen MR) is 67.5 cm³/mol. The molecule has 2 atom stereocenters. The molecule has 0 fully saturated rings. The molecule has 0 spiro atoms. The molecule has 0 aliphatic carbocycles. The molecule has 2 unspecified atom stereocenters. The lowest BCUT2D eigenvalue weighted by atomic mass is 10.1. The fraction of sp³-hybridized carbons (Fsp3) is 0.923. The van der Waals surface area contributed by atoms with Crippen LogP contribution in [0.15, 0.2) is 0 Å². The summed E-state index contributed by atoms with van der Waals surface area (Å²) in [7, 11) is 0. The second-order valence-electron chi connectivity index (χ2n) is 4.29. The zero-order valence-electron chi connectivity index (χ0n) is 10.9. The Morgan fingerprint density at radius 3 is 1.80 bits per heavy atom. The first kappa shape index (κ1) is 16.9. The maximum absolute atomic E-state index is 8.31. The summed E-state index contributed by atoms with van der Waals surface area (Å²) in [5.41, 5.74) is 5.48. The first-order valence-corrected chi connectivity index (χ1v) is 6.23. The highest BCUT2D eigenvalue weighted by Crippen LogP contribution is 2.04. The number of hydrogen-bond donors (Lipinski definition) is 1. The quantitative estimate of drug-likeness (QED) is 0.726. The van der Waals surface area contributed by atoms with Gasteiger partial charge in [-0.05, 0) is 26.7 Å². The van der Waals surface area contributed by atoms with Crippen molar-refractivity contribution in [2.24, 2.45) is 11.7 Å². The number of nitriles is 1. The van der Waals surface area contributed by atoms with Gasteiger partial charge in [0.2, 0.25) is 0 Å². The molecular weight excluding hydrogens is 184 g/mol. The van der Waals surface area contributed by atoms with Gasteiger partial charge in [0.1, 0.15) is 0 Å². The fourth-order valence-corrected chi connectivity index (χ4v) is 1.10. The van der Waals surface area contributed by atoms with E-state index in [-0.39, 0.29) is 5.92 Å². The highest BCUT2D eigenvalue weighted by Gasteiger charge is 1.95. The van der Waals surface area contributed by atoms with E-state index in [1.54, 1.807) is 0 Å². The maximum atomic E-state index is 8.31. The van der Waals surface area contributed by atoms with Crippen LogP contribution in [0.4, 0.5) is 0 Å². The molecule has 0 aromatic heterocycles. The third-order valence-corrected chi connectivity index (χ3v) is 2.22. The second kappa shape index (κ2) is 13.4. The van der Waals surface area contributed by atoms with Crippen LogP contribution in [0.2, 0.25) is 0 Å². The van der Waals surface area contributed by atoms with Gasteiger partial charge in [0.25, 0.3) is 0 Å². The van der Waals surface area contributed by atoms with Crippen LogP contribution >= 0.6 is 0 Å². The van der Waals surface area contributed by atoms with Crippen LogP contribution in [-0.2, 0) is 0 Å². The van der Waals surface area contributed by atoms with Crippen molar-refractivity contribution >= 4 is 0 Å². The van der Waals surface area contributed by atoms with Gasteiger partial charge in [-0.15, -0.1) is 0 Å². The van der Waals surface area contributed by atoms with Gasteiger partial charge in [-0.1, -0.05) is 39.5 Å². The molecule has 0 amide bonds. The molecule has 90 valence electrons. The zero-order chi connectivity index (χ0) is 12.1. The van der Waals surface area contributed by atoms with Crippen molar-refractivity contribution in [3.05, 3.63) is 0 Å². The monoisotopic (exact) mass is 212 g/mol. The van der Waals surface area contributed by atoms with Crippen LogP contribution in [0.25, 0.3) is 0 Å². The fourth-order valence-electron chi connectivity index (χ4n) is 1.10. The highest BCUT2D eigenvalue weighted by atomic mass is 14.6. The van der Waals surface area contributed by atoms with Crippen LogP contribution in [-0.4, -0.2) is 6.04 Å². The Morgan fingerprint density at radius 1 is 1.07 bits per heavy atom. The maximum Gasteiger partial charge on any atom is 0.0652 e. The summed E-state index contributed by atoms with van der Waals surface area (Å²) < 4.78 is 0.